The van der Waals surface area contributed by atoms with Gasteiger partial charge >= 0.3 is 0 Å². The minimum absolute atomic E-state index is 0.193. The Morgan fingerprint density at radius 1 is 0.472 bits per heavy atom. The average molecular weight is 486 g/mol. The van der Waals surface area contributed by atoms with Crippen molar-refractivity contribution in [1.29, 1.82) is 0 Å². The zero-order valence-corrected chi connectivity index (χ0v) is 18.7. The quantitative estimate of drug-likeness (QED) is 0.192. The van der Waals surface area contributed by atoms with Crippen LogP contribution in [0.4, 0.5) is 0 Å². The molecule has 0 aromatic heterocycles. The molecule has 8 heteroatoms. The monoisotopic (exact) mass is 486 g/mol. The molecular weight excluding hydrogens is 464 g/mol. The lowest BCUT2D eigenvalue weighted by atomic mass is 9.79. The fraction of sp³-hybridized carbons (Fsp3) is 0.0714. The van der Waals surface area contributed by atoms with Crippen LogP contribution in [0.3, 0.4) is 0 Å². The summed E-state index contributed by atoms with van der Waals surface area (Å²) in [5.41, 5.74) is 2.92. The second kappa shape index (κ2) is 8.35. The molecule has 182 valence electrons. The minimum Gasteiger partial charge on any atom is -0.508 e. The van der Waals surface area contributed by atoms with E-state index in [2.05, 4.69) is 0 Å². The molecule has 0 heterocycles. The zero-order valence-electron chi connectivity index (χ0n) is 18.7. The van der Waals surface area contributed by atoms with Gasteiger partial charge in [-0.15, -0.1) is 0 Å². The van der Waals surface area contributed by atoms with Gasteiger partial charge in [0.25, 0.3) is 0 Å². The minimum atomic E-state index is -0.676. The summed E-state index contributed by atoms with van der Waals surface area (Å²) in [6.45, 7) is 0. The third-order valence-electron chi connectivity index (χ3n) is 6.40. The van der Waals surface area contributed by atoms with Gasteiger partial charge in [-0.1, -0.05) is 18.2 Å². The predicted molar refractivity (Wildman–Crippen MR) is 132 cm³/mol. The van der Waals surface area contributed by atoms with Gasteiger partial charge in [-0.25, -0.2) is 0 Å². The van der Waals surface area contributed by atoms with Gasteiger partial charge in [-0.3, -0.25) is 0 Å². The van der Waals surface area contributed by atoms with Crippen molar-refractivity contribution in [3.05, 3.63) is 94.5 Å². The Kier molecular flexibility index (Phi) is 5.29. The molecule has 0 radical (unpaired) electrons. The SMILES string of the molecule is Oc1cc(O)cc([C@@H]2/C(=C\c3ccc(O)c(O)c3)c3cc(O)cc(O)c3[C@H]2c2ccc(O)c(O)c2)c1. The Morgan fingerprint density at radius 3 is 1.72 bits per heavy atom. The van der Waals surface area contributed by atoms with Crippen molar-refractivity contribution in [3.63, 3.8) is 0 Å². The molecule has 1 aliphatic rings. The Balaban J connectivity index is 1.84. The van der Waals surface area contributed by atoms with Crippen molar-refractivity contribution in [3.8, 4) is 46.0 Å². The number of phenolic OH excluding ortho intramolecular Hbond substituents is 8. The molecule has 8 N–H and O–H groups in total. The fourth-order valence-corrected chi connectivity index (χ4v) is 4.94. The highest BCUT2D eigenvalue weighted by Gasteiger charge is 2.41. The summed E-state index contributed by atoms with van der Waals surface area (Å²) in [7, 11) is 0. The highest BCUT2D eigenvalue weighted by atomic mass is 16.3. The lowest BCUT2D eigenvalue weighted by Gasteiger charge is -2.24. The number of hydrogen-bond donors (Lipinski definition) is 8. The molecule has 0 unspecified atom stereocenters. The van der Waals surface area contributed by atoms with Crippen LogP contribution in [0.1, 0.15) is 39.7 Å². The molecule has 1 aliphatic carbocycles. The topological polar surface area (TPSA) is 162 Å². The maximum atomic E-state index is 10.9. The second-order valence-corrected chi connectivity index (χ2v) is 8.76. The van der Waals surface area contributed by atoms with E-state index in [9.17, 15) is 40.9 Å². The first-order valence-electron chi connectivity index (χ1n) is 11.0. The molecule has 5 rings (SSSR count). The van der Waals surface area contributed by atoms with Gasteiger partial charge in [-0.05, 0) is 70.3 Å². The number of rotatable bonds is 3. The standard InChI is InChI=1S/C28H22O8/c29-16-7-15(8-17(30)10-16)26-19(5-13-1-3-21(32)23(34)6-13)20-11-18(31)12-25(36)28(20)27(26)14-2-4-22(33)24(35)9-14/h1-12,26-27,29-36H/b19-5-/t26-,27+/m1/s1. The molecule has 8 nitrogen and oxygen atoms in total. The average Bonchev–Trinajstić information content (AvgIpc) is 3.11. The summed E-state index contributed by atoms with van der Waals surface area (Å²) in [5.74, 6) is -3.47. The van der Waals surface area contributed by atoms with Crippen molar-refractivity contribution in [2.24, 2.45) is 0 Å². The van der Waals surface area contributed by atoms with E-state index in [0.29, 0.717) is 33.4 Å². The lowest BCUT2D eigenvalue weighted by molar-refractivity contribution is 0.402. The summed E-state index contributed by atoms with van der Waals surface area (Å²) < 4.78 is 0. The number of aromatic hydroxyl groups is 8. The van der Waals surface area contributed by atoms with Crippen LogP contribution in [0.15, 0.2) is 66.7 Å². The third kappa shape index (κ3) is 3.84. The van der Waals surface area contributed by atoms with E-state index < -0.39 is 11.8 Å². The van der Waals surface area contributed by atoms with E-state index >= 15 is 0 Å². The first-order valence-corrected chi connectivity index (χ1v) is 11.0. The van der Waals surface area contributed by atoms with Crippen molar-refractivity contribution in [2.45, 2.75) is 11.8 Å². The molecular formula is C28H22O8. The smallest absolute Gasteiger partial charge is 0.157 e. The van der Waals surface area contributed by atoms with Crippen LogP contribution >= 0.6 is 0 Å². The first-order chi connectivity index (χ1) is 17.1. The summed E-state index contributed by atoms with van der Waals surface area (Å²) in [6.07, 6.45) is 1.70. The Hall–Kier alpha value is -4.98. The van der Waals surface area contributed by atoms with Crippen molar-refractivity contribution in [1.82, 2.24) is 0 Å². The zero-order chi connectivity index (χ0) is 25.7. The van der Waals surface area contributed by atoms with E-state index in [1.54, 1.807) is 18.2 Å². The highest BCUT2D eigenvalue weighted by molar-refractivity contribution is 5.93. The van der Waals surface area contributed by atoms with Gasteiger partial charge in [0.15, 0.2) is 23.0 Å². The molecule has 0 fully saturated rings. The largest absolute Gasteiger partial charge is 0.508 e. The van der Waals surface area contributed by atoms with Crippen molar-refractivity contribution < 1.29 is 40.9 Å². The molecule has 0 bridgehead atoms. The number of fused-ring (bicyclic) bond motifs is 1. The van der Waals surface area contributed by atoms with Crippen LogP contribution in [0.25, 0.3) is 11.6 Å². The van der Waals surface area contributed by atoms with Crippen LogP contribution in [-0.2, 0) is 0 Å². The van der Waals surface area contributed by atoms with Crippen LogP contribution in [0, 0.1) is 0 Å². The Labute approximate surface area is 205 Å². The fourth-order valence-electron chi connectivity index (χ4n) is 4.94. The van der Waals surface area contributed by atoms with Gasteiger partial charge in [-0.2, -0.15) is 0 Å². The van der Waals surface area contributed by atoms with Crippen LogP contribution in [0.5, 0.6) is 46.0 Å². The summed E-state index contributed by atoms with van der Waals surface area (Å²) in [6, 6.07) is 15.3. The Morgan fingerprint density at radius 2 is 1.08 bits per heavy atom. The molecule has 36 heavy (non-hydrogen) atoms. The molecule has 0 spiro atoms. The molecule has 0 amide bonds. The van der Waals surface area contributed by atoms with E-state index in [1.807, 2.05) is 0 Å². The summed E-state index contributed by atoms with van der Waals surface area (Å²) in [4.78, 5) is 0. The summed E-state index contributed by atoms with van der Waals surface area (Å²) >= 11 is 0. The number of allylic oxidation sites excluding steroid dienone is 1. The highest BCUT2D eigenvalue weighted by Crippen LogP contribution is 2.59. The van der Waals surface area contributed by atoms with Gasteiger partial charge in [0, 0.05) is 29.5 Å². The number of phenols is 8. The molecule has 0 saturated carbocycles. The van der Waals surface area contributed by atoms with Crippen LogP contribution < -0.4 is 0 Å². The first kappa shape index (κ1) is 22.8. The van der Waals surface area contributed by atoms with E-state index in [-0.39, 0.29) is 46.0 Å². The summed E-state index contributed by atoms with van der Waals surface area (Å²) in [5, 5.41) is 81.6. The predicted octanol–water partition coefficient (Wildman–Crippen LogP) is 4.80. The molecule has 0 saturated heterocycles. The number of benzene rings is 4. The molecule has 4 aromatic carbocycles. The maximum Gasteiger partial charge on any atom is 0.157 e. The second-order valence-electron chi connectivity index (χ2n) is 8.76. The van der Waals surface area contributed by atoms with Gasteiger partial charge in [0.1, 0.15) is 23.0 Å². The third-order valence-corrected chi connectivity index (χ3v) is 6.40. The molecule has 0 aliphatic heterocycles. The molecule has 2 atom stereocenters. The molecule has 4 aromatic rings. The van der Waals surface area contributed by atoms with E-state index in [4.69, 9.17) is 0 Å². The van der Waals surface area contributed by atoms with Gasteiger partial charge in [0.05, 0.1) is 0 Å². The van der Waals surface area contributed by atoms with Gasteiger partial charge in [0.2, 0.25) is 0 Å². The lowest BCUT2D eigenvalue weighted by Crippen LogP contribution is -2.08. The van der Waals surface area contributed by atoms with Crippen LogP contribution in [-0.4, -0.2) is 40.9 Å². The Bertz CT molecular complexity index is 1520. The van der Waals surface area contributed by atoms with Crippen molar-refractivity contribution >= 4 is 11.6 Å². The maximum absolute atomic E-state index is 10.9. The van der Waals surface area contributed by atoms with E-state index in [0.717, 1.165) is 0 Å². The normalized spacial score (nSPS) is 17.8. The van der Waals surface area contributed by atoms with Gasteiger partial charge < -0.3 is 40.9 Å². The number of hydrogen-bond acceptors (Lipinski definition) is 8. The van der Waals surface area contributed by atoms with Crippen molar-refractivity contribution in [2.75, 3.05) is 0 Å². The van der Waals surface area contributed by atoms with Crippen LogP contribution in [0.2, 0.25) is 0 Å². The van der Waals surface area contributed by atoms with E-state index in [1.165, 1.54) is 54.6 Å².